The molecule has 0 saturated heterocycles. The summed E-state index contributed by atoms with van der Waals surface area (Å²) in [5, 5.41) is 3.56. The van der Waals surface area contributed by atoms with Crippen molar-refractivity contribution >= 4 is 28.4 Å². The lowest BCUT2D eigenvalue weighted by atomic mass is 10.1. The molecule has 0 saturated carbocycles. The Kier molecular flexibility index (Phi) is 6.32. The minimum atomic E-state index is -0.620. The van der Waals surface area contributed by atoms with Crippen molar-refractivity contribution in [1.29, 1.82) is 0 Å². The summed E-state index contributed by atoms with van der Waals surface area (Å²) in [5.41, 5.74) is 3.08. The normalized spacial score (nSPS) is 12.0. The quantitative estimate of drug-likeness (QED) is 0.622. The van der Waals surface area contributed by atoms with Gasteiger partial charge in [0.1, 0.15) is 11.9 Å². The first-order valence-corrected chi connectivity index (χ1v) is 9.82. The van der Waals surface area contributed by atoms with E-state index in [-0.39, 0.29) is 24.1 Å². The number of hydrogen-bond donors (Lipinski definition) is 2. The van der Waals surface area contributed by atoms with Crippen molar-refractivity contribution in [3.8, 4) is 0 Å². The largest absolute Gasteiger partial charge is 0.358 e. The number of benzene rings is 2. The van der Waals surface area contributed by atoms with Crippen LogP contribution in [0.25, 0.3) is 10.9 Å². The number of aromatic nitrogens is 1. The average Bonchev–Trinajstić information content (AvgIpc) is 3.01. The number of aromatic amines is 1. The van der Waals surface area contributed by atoms with E-state index in [1.165, 1.54) is 12.1 Å². The SMILES string of the molecule is CCCN(C(=O)Cc1c(C)[nH]c2ccc(F)cc12)C(C)C(=O)Nc1ccccc1. The zero-order valence-electron chi connectivity index (χ0n) is 17.0. The number of carbonyl (C=O) groups excluding carboxylic acids is 2. The Hall–Kier alpha value is -3.15. The Bertz CT molecular complexity index is 1010. The maximum atomic E-state index is 13.7. The van der Waals surface area contributed by atoms with Crippen molar-refractivity contribution in [1.82, 2.24) is 9.88 Å². The van der Waals surface area contributed by atoms with Gasteiger partial charge >= 0.3 is 0 Å². The highest BCUT2D eigenvalue weighted by Gasteiger charge is 2.26. The number of hydrogen-bond acceptors (Lipinski definition) is 2. The maximum Gasteiger partial charge on any atom is 0.246 e. The monoisotopic (exact) mass is 395 g/mol. The van der Waals surface area contributed by atoms with Crippen LogP contribution in [-0.2, 0) is 16.0 Å². The number of fused-ring (bicyclic) bond motifs is 1. The summed E-state index contributed by atoms with van der Waals surface area (Å²) >= 11 is 0. The summed E-state index contributed by atoms with van der Waals surface area (Å²) in [4.78, 5) is 30.6. The molecule has 3 aromatic rings. The Labute approximate surface area is 169 Å². The third kappa shape index (κ3) is 4.65. The summed E-state index contributed by atoms with van der Waals surface area (Å²) in [7, 11) is 0. The van der Waals surface area contributed by atoms with E-state index in [0.717, 1.165) is 23.2 Å². The van der Waals surface area contributed by atoms with Crippen LogP contribution in [0.3, 0.4) is 0 Å². The zero-order chi connectivity index (χ0) is 21.0. The molecular weight excluding hydrogens is 369 g/mol. The third-order valence-corrected chi connectivity index (χ3v) is 5.08. The second-order valence-corrected chi connectivity index (χ2v) is 7.21. The lowest BCUT2D eigenvalue weighted by molar-refractivity contribution is -0.137. The van der Waals surface area contributed by atoms with Gasteiger partial charge in [-0.2, -0.15) is 0 Å². The van der Waals surface area contributed by atoms with Crippen LogP contribution in [0.4, 0.5) is 10.1 Å². The average molecular weight is 395 g/mol. The molecule has 1 heterocycles. The van der Waals surface area contributed by atoms with Crippen molar-refractivity contribution in [3.05, 3.63) is 65.6 Å². The van der Waals surface area contributed by atoms with E-state index in [4.69, 9.17) is 0 Å². The number of H-pyrrole nitrogens is 1. The molecule has 0 bridgehead atoms. The second-order valence-electron chi connectivity index (χ2n) is 7.21. The molecule has 6 heteroatoms. The van der Waals surface area contributed by atoms with Gasteiger partial charge in [-0.3, -0.25) is 9.59 Å². The summed E-state index contributed by atoms with van der Waals surface area (Å²) in [6.45, 7) is 6.04. The van der Waals surface area contributed by atoms with E-state index in [9.17, 15) is 14.0 Å². The molecule has 2 N–H and O–H groups in total. The predicted molar refractivity (Wildman–Crippen MR) is 113 cm³/mol. The van der Waals surface area contributed by atoms with Gasteiger partial charge in [-0.05, 0) is 56.2 Å². The molecule has 152 valence electrons. The number of amides is 2. The van der Waals surface area contributed by atoms with Crippen LogP contribution < -0.4 is 5.32 Å². The van der Waals surface area contributed by atoms with Gasteiger partial charge in [-0.25, -0.2) is 4.39 Å². The maximum absolute atomic E-state index is 13.7. The Morgan fingerprint density at radius 3 is 2.59 bits per heavy atom. The van der Waals surface area contributed by atoms with Gasteiger partial charge in [-0.15, -0.1) is 0 Å². The van der Waals surface area contributed by atoms with Gasteiger partial charge in [0.2, 0.25) is 11.8 Å². The zero-order valence-corrected chi connectivity index (χ0v) is 17.0. The van der Waals surface area contributed by atoms with E-state index in [1.807, 2.05) is 32.0 Å². The van der Waals surface area contributed by atoms with Crippen LogP contribution >= 0.6 is 0 Å². The van der Waals surface area contributed by atoms with Crippen LogP contribution in [0, 0.1) is 12.7 Å². The molecule has 1 atom stereocenters. The summed E-state index contributed by atoms with van der Waals surface area (Å²) in [6.07, 6.45) is 0.842. The molecule has 1 unspecified atom stereocenters. The van der Waals surface area contributed by atoms with E-state index in [1.54, 1.807) is 30.0 Å². The van der Waals surface area contributed by atoms with Crippen molar-refractivity contribution in [3.63, 3.8) is 0 Å². The molecule has 2 amide bonds. The predicted octanol–water partition coefficient (Wildman–Crippen LogP) is 4.42. The number of rotatable bonds is 7. The van der Waals surface area contributed by atoms with Gasteiger partial charge < -0.3 is 15.2 Å². The van der Waals surface area contributed by atoms with Crippen LogP contribution in [-0.4, -0.2) is 34.3 Å². The van der Waals surface area contributed by atoms with Crippen molar-refractivity contribution in [2.45, 2.75) is 39.7 Å². The van der Waals surface area contributed by atoms with Crippen LogP contribution in [0.2, 0.25) is 0 Å². The minimum Gasteiger partial charge on any atom is -0.358 e. The number of carbonyl (C=O) groups is 2. The van der Waals surface area contributed by atoms with Gasteiger partial charge in [0.15, 0.2) is 0 Å². The first-order valence-electron chi connectivity index (χ1n) is 9.82. The second kappa shape index (κ2) is 8.90. The van der Waals surface area contributed by atoms with E-state index in [2.05, 4.69) is 10.3 Å². The molecule has 0 aliphatic heterocycles. The fourth-order valence-electron chi connectivity index (χ4n) is 3.52. The van der Waals surface area contributed by atoms with Gasteiger partial charge in [0.25, 0.3) is 0 Å². The van der Waals surface area contributed by atoms with Crippen LogP contribution in [0.1, 0.15) is 31.5 Å². The molecule has 3 rings (SSSR count). The standard InChI is InChI=1S/C23H26FN3O2/c1-4-12-27(16(3)23(29)26-18-8-6-5-7-9-18)22(28)14-19-15(2)25-21-11-10-17(24)13-20(19)21/h5-11,13,16,25H,4,12,14H2,1-3H3,(H,26,29). The van der Waals surface area contributed by atoms with Gasteiger partial charge in [-0.1, -0.05) is 25.1 Å². The molecule has 0 radical (unpaired) electrons. The van der Waals surface area contributed by atoms with E-state index < -0.39 is 6.04 Å². The molecule has 29 heavy (non-hydrogen) atoms. The summed E-state index contributed by atoms with van der Waals surface area (Å²) in [5.74, 6) is -0.735. The Morgan fingerprint density at radius 1 is 1.17 bits per heavy atom. The number of halogens is 1. The highest BCUT2D eigenvalue weighted by Crippen LogP contribution is 2.24. The number of aryl methyl sites for hydroxylation is 1. The molecule has 1 aromatic heterocycles. The van der Waals surface area contributed by atoms with E-state index in [0.29, 0.717) is 17.6 Å². The fraction of sp³-hybridized carbons (Fsp3) is 0.304. The third-order valence-electron chi connectivity index (χ3n) is 5.08. The lowest BCUT2D eigenvalue weighted by Gasteiger charge is -2.28. The number of nitrogens with zero attached hydrogens (tertiary/aromatic N) is 1. The number of anilines is 1. The lowest BCUT2D eigenvalue weighted by Crippen LogP contribution is -2.46. The molecule has 0 spiro atoms. The van der Waals surface area contributed by atoms with Gasteiger partial charge in [0.05, 0.1) is 6.42 Å². The first kappa shape index (κ1) is 20.6. The summed E-state index contributed by atoms with van der Waals surface area (Å²) < 4.78 is 13.7. The number of para-hydroxylation sites is 1. The Balaban J connectivity index is 1.80. The van der Waals surface area contributed by atoms with Crippen molar-refractivity contribution in [2.75, 3.05) is 11.9 Å². The van der Waals surface area contributed by atoms with Gasteiger partial charge in [0, 0.05) is 28.8 Å². The smallest absolute Gasteiger partial charge is 0.246 e. The molecule has 0 aliphatic carbocycles. The van der Waals surface area contributed by atoms with Crippen LogP contribution in [0.15, 0.2) is 48.5 Å². The molecule has 0 fully saturated rings. The van der Waals surface area contributed by atoms with E-state index >= 15 is 0 Å². The first-order chi connectivity index (χ1) is 13.9. The molecule has 2 aromatic carbocycles. The fourth-order valence-corrected chi connectivity index (χ4v) is 3.52. The van der Waals surface area contributed by atoms with Crippen molar-refractivity contribution < 1.29 is 14.0 Å². The van der Waals surface area contributed by atoms with Crippen molar-refractivity contribution in [2.24, 2.45) is 0 Å². The Morgan fingerprint density at radius 2 is 1.90 bits per heavy atom. The molecule has 0 aliphatic rings. The topological polar surface area (TPSA) is 65.2 Å². The van der Waals surface area contributed by atoms with Crippen LogP contribution in [0.5, 0.6) is 0 Å². The highest BCUT2D eigenvalue weighted by molar-refractivity contribution is 5.98. The minimum absolute atomic E-state index is 0.109. The highest BCUT2D eigenvalue weighted by atomic mass is 19.1. The summed E-state index contributed by atoms with van der Waals surface area (Å²) in [6, 6.07) is 13.1. The molecular formula is C23H26FN3O2. The number of nitrogens with one attached hydrogen (secondary N) is 2. The molecule has 5 nitrogen and oxygen atoms in total.